The van der Waals surface area contributed by atoms with Crippen molar-refractivity contribution in [3.63, 3.8) is 0 Å². The lowest BCUT2D eigenvalue weighted by Crippen LogP contribution is -2.47. The molecule has 1 amide bonds. The van der Waals surface area contributed by atoms with Crippen LogP contribution in [0.25, 0.3) is 0 Å². The van der Waals surface area contributed by atoms with Gasteiger partial charge in [0.25, 0.3) is 5.91 Å². The number of halogens is 2. The Labute approximate surface area is 179 Å². The van der Waals surface area contributed by atoms with Gasteiger partial charge in [0, 0.05) is 32.4 Å². The number of hydrogen-bond acceptors (Lipinski definition) is 4. The van der Waals surface area contributed by atoms with Crippen LogP contribution in [0.15, 0.2) is 54.7 Å². The molecule has 0 bridgehead atoms. The number of rotatable bonds is 6. The van der Waals surface area contributed by atoms with E-state index in [1.54, 1.807) is 40.0 Å². The summed E-state index contributed by atoms with van der Waals surface area (Å²) in [4.78, 5) is 17.1. The van der Waals surface area contributed by atoms with Gasteiger partial charge in [-0.1, -0.05) is 24.3 Å². The number of likely N-dealkylation sites (N-methyl/N-ethyl adjacent to an activating group) is 1. The molecule has 0 radical (unpaired) electrons. The fourth-order valence-electron chi connectivity index (χ4n) is 3.52. The second-order valence-electron chi connectivity index (χ2n) is 7.69. The molecule has 2 aromatic carbocycles. The fraction of sp³-hybridized carbons (Fsp3) is 0.304. The summed E-state index contributed by atoms with van der Waals surface area (Å²) in [6, 6.07) is 12.3. The van der Waals surface area contributed by atoms with Crippen LogP contribution >= 0.6 is 0 Å². The van der Waals surface area contributed by atoms with Gasteiger partial charge in [0.15, 0.2) is 0 Å². The number of nitrogens with zero attached hydrogens (tertiary/aromatic N) is 4. The van der Waals surface area contributed by atoms with Crippen LogP contribution in [0.5, 0.6) is 5.88 Å². The first kappa shape index (κ1) is 21.0. The summed E-state index contributed by atoms with van der Waals surface area (Å²) >= 11 is 0. The van der Waals surface area contributed by atoms with Crippen LogP contribution in [0.3, 0.4) is 0 Å². The molecular weight excluding hydrogens is 402 g/mol. The van der Waals surface area contributed by atoms with Gasteiger partial charge in [0.05, 0.1) is 6.54 Å². The van der Waals surface area contributed by atoms with Crippen molar-refractivity contribution >= 4 is 5.91 Å². The van der Waals surface area contributed by atoms with Crippen molar-refractivity contribution in [2.45, 2.75) is 13.2 Å². The third kappa shape index (κ3) is 5.27. The Morgan fingerprint density at radius 1 is 1.00 bits per heavy atom. The zero-order valence-electron chi connectivity index (χ0n) is 17.3. The molecule has 0 atom stereocenters. The third-order valence-electron chi connectivity index (χ3n) is 5.25. The topological polar surface area (TPSA) is 50.6 Å². The Morgan fingerprint density at radius 2 is 1.65 bits per heavy atom. The zero-order chi connectivity index (χ0) is 21.8. The highest BCUT2D eigenvalue weighted by atomic mass is 19.1. The molecule has 1 aliphatic rings. The number of ether oxygens (including phenoxy) is 1. The van der Waals surface area contributed by atoms with E-state index < -0.39 is 0 Å². The minimum Gasteiger partial charge on any atom is -0.471 e. The molecule has 1 saturated heterocycles. The van der Waals surface area contributed by atoms with Crippen LogP contribution < -0.4 is 4.74 Å². The Morgan fingerprint density at radius 3 is 2.32 bits per heavy atom. The van der Waals surface area contributed by atoms with Gasteiger partial charge in [-0.3, -0.25) is 9.48 Å². The number of carbonyl (C=O) groups excluding carboxylic acids is 1. The van der Waals surface area contributed by atoms with Gasteiger partial charge in [-0.15, -0.1) is 5.10 Å². The predicted molar refractivity (Wildman–Crippen MR) is 112 cm³/mol. The van der Waals surface area contributed by atoms with Crippen molar-refractivity contribution in [2.24, 2.45) is 0 Å². The molecule has 8 heteroatoms. The average Bonchev–Trinajstić information content (AvgIpc) is 3.15. The van der Waals surface area contributed by atoms with Crippen molar-refractivity contribution < 1.29 is 18.3 Å². The molecule has 0 unspecified atom stereocenters. The first-order chi connectivity index (χ1) is 15.0. The second kappa shape index (κ2) is 9.26. The van der Waals surface area contributed by atoms with Crippen molar-refractivity contribution in [3.8, 4) is 5.88 Å². The molecular formula is C23H24F2N4O2. The summed E-state index contributed by atoms with van der Waals surface area (Å²) in [6.45, 7) is 3.20. The normalized spacial score (nSPS) is 14.6. The van der Waals surface area contributed by atoms with Crippen LogP contribution in [0, 0.1) is 11.6 Å². The Kier molecular flexibility index (Phi) is 6.27. The highest BCUT2D eigenvalue weighted by Gasteiger charge is 2.26. The van der Waals surface area contributed by atoms with Crippen LogP contribution in [0.4, 0.5) is 8.78 Å². The number of amides is 1. The minimum absolute atomic E-state index is 0.0811. The molecule has 1 aliphatic heterocycles. The third-order valence-corrected chi connectivity index (χ3v) is 5.25. The summed E-state index contributed by atoms with van der Waals surface area (Å²) in [7, 11) is 2.02. The lowest BCUT2D eigenvalue weighted by molar-refractivity contribution is 0.0659. The van der Waals surface area contributed by atoms with Crippen LogP contribution in [-0.2, 0) is 13.2 Å². The van der Waals surface area contributed by atoms with Gasteiger partial charge in [-0.25, -0.2) is 8.78 Å². The summed E-state index contributed by atoms with van der Waals surface area (Å²) < 4.78 is 34.4. The number of aromatic nitrogens is 2. The van der Waals surface area contributed by atoms with E-state index in [0.717, 1.165) is 18.7 Å². The molecule has 162 valence electrons. The molecule has 6 nitrogen and oxygen atoms in total. The molecule has 0 N–H and O–H groups in total. The van der Waals surface area contributed by atoms with E-state index >= 15 is 0 Å². The molecule has 0 spiro atoms. The van der Waals surface area contributed by atoms with E-state index in [2.05, 4.69) is 10.00 Å². The quantitative estimate of drug-likeness (QED) is 0.608. The standard InChI is InChI=1S/C23H24F2N4O2/c1-27-8-10-28(11-9-27)23(30)21-15-29(14-17-4-2-6-19(24)12-17)26-22(21)31-16-18-5-3-7-20(25)13-18/h2-7,12-13,15H,8-11,14,16H2,1H3. The lowest BCUT2D eigenvalue weighted by atomic mass is 10.2. The molecule has 1 fully saturated rings. The Hall–Kier alpha value is -3.26. The number of benzene rings is 2. The maximum Gasteiger partial charge on any atom is 0.261 e. The van der Waals surface area contributed by atoms with Gasteiger partial charge >= 0.3 is 0 Å². The monoisotopic (exact) mass is 426 g/mol. The summed E-state index contributed by atoms with van der Waals surface area (Å²) in [6.07, 6.45) is 1.63. The number of carbonyl (C=O) groups is 1. The zero-order valence-corrected chi connectivity index (χ0v) is 17.3. The van der Waals surface area contributed by atoms with Gasteiger partial charge in [-0.05, 0) is 42.4 Å². The molecule has 1 aromatic heterocycles. The number of piperazine rings is 1. The first-order valence-electron chi connectivity index (χ1n) is 10.1. The molecule has 0 saturated carbocycles. The molecule has 4 rings (SSSR count). The second-order valence-corrected chi connectivity index (χ2v) is 7.69. The lowest BCUT2D eigenvalue weighted by Gasteiger charge is -2.32. The van der Waals surface area contributed by atoms with Crippen molar-refractivity contribution in [2.75, 3.05) is 33.2 Å². The van der Waals surface area contributed by atoms with Gasteiger partial charge in [0.1, 0.15) is 23.8 Å². The first-order valence-corrected chi connectivity index (χ1v) is 10.1. The molecule has 2 heterocycles. The maximum atomic E-state index is 13.5. The molecule has 3 aromatic rings. The highest BCUT2D eigenvalue weighted by molar-refractivity contribution is 5.96. The van der Waals surface area contributed by atoms with E-state index in [9.17, 15) is 13.6 Å². The van der Waals surface area contributed by atoms with Gasteiger partial charge in [-0.2, -0.15) is 0 Å². The molecule has 31 heavy (non-hydrogen) atoms. The van der Waals surface area contributed by atoms with E-state index in [0.29, 0.717) is 30.8 Å². The summed E-state index contributed by atoms with van der Waals surface area (Å²) in [5, 5.41) is 4.42. The minimum atomic E-state index is -0.355. The van der Waals surface area contributed by atoms with E-state index in [1.165, 1.54) is 24.3 Å². The smallest absolute Gasteiger partial charge is 0.261 e. The fourth-order valence-corrected chi connectivity index (χ4v) is 3.52. The van der Waals surface area contributed by atoms with Crippen LogP contribution in [-0.4, -0.2) is 58.7 Å². The maximum absolute atomic E-state index is 13.5. The predicted octanol–water partition coefficient (Wildman–Crippen LogP) is 3.18. The Bertz CT molecular complexity index is 1060. The van der Waals surface area contributed by atoms with Crippen molar-refractivity contribution in [3.05, 3.63) is 83.1 Å². The van der Waals surface area contributed by atoms with E-state index in [4.69, 9.17) is 4.74 Å². The SMILES string of the molecule is CN1CCN(C(=O)c2cn(Cc3cccc(F)c3)nc2OCc2cccc(F)c2)CC1. The van der Waals surface area contributed by atoms with Crippen LogP contribution in [0.2, 0.25) is 0 Å². The van der Waals surface area contributed by atoms with E-state index in [-0.39, 0.29) is 30.0 Å². The largest absolute Gasteiger partial charge is 0.471 e. The average molecular weight is 426 g/mol. The van der Waals surface area contributed by atoms with E-state index in [1.807, 2.05) is 7.05 Å². The summed E-state index contributed by atoms with van der Waals surface area (Å²) in [5.74, 6) is -0.662. The Balaban J connectivity index is 1.57. The van der Waals surface area contributed by atoms with Crippen molar-refractivity contribution in [1.29, 1.82) is 0 Å². The molecule has 0 aliphatic carbocycles. The number of hydrogen-bond donors (Lipinski definition) is 0. The highest BCUT2D eigenvalue weighted by Crippen LogP contribution is 2.22. The van der Waals surface area contributed by atoms with Gasteiger partial charge < -0.3 is 14.5 Å². The van der Waals surface area contributed by atoms with Crippen molar-refractivity contribution in [1.82, 2.24) is 19.6 Å². The van der Waals surface area contributed by atoms with Crippen LogP contribution in [0.1, 0.15) is 21.5 Å². The van der Waals surface area contributed by atoms with Gasteiger partial charge in [0.2, 0.25) is 5.88 Å². The summed E-state index contributed by atoms with van der Waals surface area (Å²) in [5.41, 5.74) is 1.70.